The Morgan fingerprint density at radius 2 is 1.84 bits per heavy atom. The van der Waals surface area contributed by atoms with E-state index in [0.29, 0.717) is 5.56 Å². The number of nitrogens with zero attached hydrogens (tertiary/aromatic N) is 1. The van der Waals surface area contributed by atoms with Crippen LogP contribution in [0.25, 0.3) is 0 Å². The van der Waals surface area contributed by atoms with Gasteiger partial charge in [-0.2, -0.15) is 0 Å². The molecule has 0 saturated heterocycles. The van der Waals surface area contributed by atoms with Gasteiger partial charge in [0.05, 0.1) is 6.04 Å². The van der Waals surface area contributed by atoms with Gasteiger partial charge in [-0.3, -0.25) is 9.78 Å². The van der Waals surface area contributed by atoms with Gasteiger partial charge in [-0.25, -0.2) is 0 Å². The fourth-order valence-corrected chi connectivity index (χ4v) is 2.04. The first-order valence-electron chi connectivity index (χ1n) is 6.57. The Bertz CT molecular complexity index is 511. The molecule has 3 heteroatoms. The Balaban J connectivity index is 2.11. The van der Waals surface area contributed by atoms with Crippen molar-refractivity contribution >= 4 is 5.91 Å². The average Bonchev–Trinajstić information content (AvgIpc) is 2.48. The van der Waals surface area contributed by atoms with Crippen LogP contribution in [0.4, 0.5) is 0 Å². The van der Waals surface area contributed by atoms with Crippen LogP contribution in [-0.4, -0.2) is 10.9 Å². The lowest BCUT2D eigenvalue weighted by Crippen LogP contribution is -2.28. The van der Waals surface area contributed by atoms with Crippen LogP contribution in [-0.2, 0) is 0 Å². The molecule has 2 rings (SSSR count). The molecule has 98 valence electrons. The largest absolute Gasteiger partial charge is 0.345 e. The number of benzene rings is 1. The molecule has 1 amide bonds. The highest BCUT2D eigenvalue weighted by molar-refractivity contribution is 5.94. The fourth-order valence-electron chi connectivity index (χ4n) is 2.04. The number of nitrogens with one attached hydrogen (secondary N) is 1. The Hall–Kier alpha value is -2.16. The lowest BCUT2D eigenvalue weighted by Gasteiger charge is -2.18. The molecule has 1 atom stereocenters. The molecule has 3 nitrogen and oxygen atoms in total. The zero-order valence-electron chi connectivity index (χ0n) is 11.0. The minimum Gasteiger partial charge on any atom is -0.345 e. The quantitative estimate of drug-likeness (QED) is 0.889. The van der Waals surface area contributed by atoms with Gasteiger partial charge in [-0.15, -0.1) is 0 Å². The molecule has 0 radical (unpaired) electrons. The van der Waals surface area contributed by atoms with E-state index in [2.05, 4.69) is 17.2 Å². The molecule has 19 heavy (non-hydrogen) atoms. The van der Waals surface area contributed by atoms with Crippen molar-refractivity contribution < 1.29 is 4.79 Å². The first-order chi connectivity index (χ1) is 9.31. The van der Waals surface area contributed by atoms with Crippen LogP contribution in [0.1, 0.15) is 41.7 Å². The van der Waals surface area contributed by atoms with E-state index in [1.54, 1.807) is 24.5 Å². The van der Waals surface area contributed by atoms with Gasteiger partial charge in [0.25, 0.3) is 5.91 Å². The van der Waals surface area contributed by atoms with Crippen molar-refractivity contribution in [3.8, 4) is 0 Å². The Kier molecular flexibility index (Phi) is 4.67. The molecule has 1 heterocycles. The minimum absolute atomic E-state index is 0.0512. The molecule has 0 aliphatic carbocycles. The van der Waals surface area contributed by atoms with Gasteiger partial charge in [0.15, 0.2) is 0 Å². The van der Waals surface area contributed by atoms with Crippen LogP contribution in [0.15, 0.2) is 54.9 Å². The molecule has 2 aromatic rings. The Labute approximate surface area is 113 Å². The third-order valence-electron chi connectivity index (χ3n) is 3.03. The van der Waals surface area contributed by atoms with Gasteiger partial charge >= 0.3 is 0 Å². The molecule has 0 aliphatic rings. The molecule has 0 saturated carbocycles. The van der Waals surface area contributed by atoms with Crippen LogP contribution < -0.4 is 5.32 Å². The second-order valence-electron chi connectivity index (χ2n) is 4.46. The van der Waals surface area contributed by atoms with E-state index in [4.69, 9.17) is 0 Å². The fraction of sp³-hybridized carbons (Fsp3) is 0.250. The predicted molar refractivity (Wildman–Crippen MR) is 75.8 cm³/mol. The summed E-state index contributed by atoms with van der Waals surface area (Å²) in [6, 6.07) is 13.6. The molecule has 0 fully saturated rings. The maximum Gasteiger partial charge on any atom is 0.251 e. The highest BCUT2D eigenvalue weighted by Crippen LogP contribution is 2.18. The molecular formula is C16H18N2O. The molecule has 0 aliphatic heterocycles. The van der Waals surface area contributed by atoms with Crippen molar-refractivity contribution in [1.82, 2.24) is 10.3 Å². The highest BCUT2D eigenvalue weighted by atomic mass is 16.1. The standard InChI is InChI=1S/C16H18N2O/c1-2-6-15(13-7-4-3-5-8-13)18-16(19)14-9-11-17-12-10-14/h3-5,7-12,15H,2,6H2,1H3,(H,18,19)/t15-/m1/s1. The van der Waals surface area contributed by atoms with Crippen molar-refractivity contribution in [2.24, 2.45) is 0 Å². The van der Waals surface area contributed by atoms with E-state index in [9.17, 15) is 4.79 Å². The lowest BCUT2D eigenvalue weighted by molar-refractivity contribution is 0.0934. The lowest BCUT2D eigenvalue weighted by atomic mass is 10.0. The topological polar surface area (TPSA) is 42.0 Å². The number of amides is 1. The maximum atomic E-state index is 12.2. The van der Waals surface area contributed by atoms with Crippen LogP contribution in [0, 0.1) is 0 Å². The van der Waals surface area contributed by atoms with E-state index in [1.165, 1.54) is 0 Å². The number of carbonyl (C=O) groups is 1. The van der Waals surface area contributed by atoms with Crippen LogP contribution in [0.3, 0.4) is 0 Å². The molecule has 0 unspecified atom stereocenters. The maximum absolute atomic E-state index is 12.2. The first kappa shape index (κ1) is 13.3. The SMILES string of the molecule is CCC[C@@H](NC(=O)c1ccncc1)c1ccccc1. The van der Waals surface area contributed by atoms with Crippen LogP contribution in [0.5, 0.6) is 0 Å². The number of pyridine rings is 1. The zero-order chi connectivity index (χ0) is 13.5. The van der Waals surface area contributed by atoms with Crippen molar-refractivity contribution in [2.45, 2.75) is 25.8 Å². The van der Waals surface area contributed by atoms with E-state index < -0.39 is 0 Å². The monoisotopic (exact) mass is 254 g/mol. The van der Waals surface area contributed by atoms with Crippen LogP contribution in [0.2, 0.25) is 0 Å². The van der Waals surface area contributed by atoms with E-state index >= 15 is 0 Å². The number of hydrogen-bond acceptors (Lipinski definition) is 2. The first-order valence-corrected chi connectivity index (χ1v) is 6.57. The zero-order valence-corrected chi connectivity index (χ0v) is 11.0. The molecule has 1 aromatic heterocycles. The van der Waals surface area contributed by atoms with Crippen molar-refractivity contribution in [2.75, 3.05) is 0 Å². The summed E-state index contributed by atoms with van der Waals surface area (Å²) in [5.74, 6) is -0.0512. The summed E-state index contributed by atoms with van der Waals surface area (Å²) in [6.45, 7) is 2.12. The van der Waals surface area contributed by atoms with E-state index in [1.807, 2.05) is 30.3 Å². The summed E-state index contributed by atoms with van der Waals surface area (Å²) in [4.78, 5) is 16.1. The minimum atomic E-state index is -0.0512. The van der Waals surface area contributed by atoms with Gasteiger partial charge in [0.1, 0.15) is 0 Å². The summed E-state index contributed by atoms with van der Waals surface area (Å²) >= 11 is 0. The number of aromatic nitrogens is 1. The third-order valence-corrected chi connectivity index (χ3v) is 3.03. The summed E-state index contributed by atoms with van der Waals surface area (Å²) in [5, 5.41) is 3.08. The van der Waals surface area contributed by atoms with Gasteiger partial charge in [0, 0.05) is 18.0 Å². The Morgan fingerprint density at radius 3 is 2.47 bits per heavy atom. The van der Waals surface area contributed by atoms with Gasteiger partial charge in [-0.05, 0) is 24.1 Å². The normalized spacial score (nSPS) is 11.8. The number of carbonyl (C=O) groups excluding carboxylic acids is 1. The van der Waals surface area contributed by atoms with Gasteiger partial charge in [0.2, 0.25) is 0 Å². The Morgan fingerprint density at radius 1 is 1.16 bits per heavy atom. The summed E-state index contributed by atoms with van der Waals surface area (Å²) < 4.78 is 0. The van der Waals surface area contributed by atoms with Gasteiger partial charge in [-0.1, -0.05) is 43.7 Å². The second-order valence-corrected chi connectivity index (χ2v) is 4.46. The molecule has 1 N–H and O–H groups in total. The predicted octanol–water partition coefficient (Wildman–Crippen LogP) is 3.35. The number of rotatable bonds is 5. The molecule has 0 spiro atoms. The van der Waals surface area contributed by atoms with Crippen molar-refractivity contribution in [3.05, 3.63) is 66.0 Å². The molecular weight excluding hydrogens is 236 g/mol. The summed E-state index contributed by atoms with van der Waals surface area (Å²) in [5.41, 5.74) is 1.79. The molecule has 0 bridgehead atoms. The molecule has 1 aromatic carbocycles. The highest BCUT2D eigenvalue weighted by Gasteiger charge is 2.14. The van der Waals surface area contributed by atoms with Crippen LogP contribution >= 0.6 is 0 Å². The van der Waals surface area contributed by atoms with Gasteiger partial charge < -0.3 is 5.32 Å². The smallest absolute Gasteiger partial charge is 0.251 e. The average molecular weight is 254 g/mol. The van der Waals surface area contributed by atoms with E-state index in [0.717, 1.165) is 18.4 Å². The summed E-state index contributed by atoms with van der Waals surface area (Å²) in [6.07, 6.45) is 5.22. The van der Waals surface area contributed by atoms with Crippen molar-refractivity contribution in [3.63, 3.8) is 0 Å². The third kappa shape index (κ3) is 3.65. The summed E-state index contributed by atoms with van der Waals surface area (Å²) in [7, 11) is 0. The van der Waals surface area contributed by atoms with Crippen molar-refractivity contribution in [1.29, 1.82) is 0 Å². The van der Waals surface area contributed by atoms with E-state index in [-0.39, 0.29) is 11.9 Å². The second kappa shape index (κ2) is 6.69. The number of hydrogen-bond donors (Lipinski definition) is 1.